The lowest BCUT2D eigenvalue weighted by Crippen LogP contribution is -2.09. The fourth-order valence-corrected chi connectivity index (χ4v) is 1.53. The Labute approximate surface area is 109 Å². The van der Waals surface area contributed by atoms with Crippen molar-refractivity contribution in [2.75, 3.05) is 0 Å². The summed E-state index contributed by atoms with van der Waals surface area (Å²) >= 11 is 0. The van der Waals surface area contributed by atoms with Crippen LogP contribution in [0.3, 0.4) is 0 Å². The molecule has 0 N–H and O–H groups in total. The maximum atomic E-state index is 13.4. The molecular formula is C11F9N. The lowest BCUT2D eigenvalue weighted by Gasteiger charge is -2.10. The summed E-state index contributed by atoms with van der Waals surface area (Å²) in [5.41, 5.74) is -4.23. The molecule has 0 amide bonds. The third-order valence-corrected chi connectivity index (χ3v) is 2.46. The normalized spacial score (nSPS) is 11.1. The van der Waals surface area contributed by atoms with Crippen LogP contribution in [0.2, 0.25) is 0 Å². The number of aromatic nitrogens is 1. The van der Waals surface area contributed by atoms with E-state index in [0.717, 1.165) is 0 Å². The SMILES string of the molecule is Fc1nc(F)c(F)c(-c2c(F)c(F)c(F)c(F)c2F)c1F. The van der Waals surface area contributed by atoms with Crippen LogP contribution in [-0.4, -0.2) is 4.98 Å². The van der Waals surface area contributed by atoms with Crippen LogP contribution in [0.4, 0.5) is 39.5 Å². The first kappa shape index (κ1) is 15.1. The summed E-state index contributed by atoms with van der Waals surface area (Å²) in [5, 5.41) is 0. The van der Waals surface area contributed by atoms with Crippen molar-refractivity contribution in [3.63, 3.8) is 0 Å². The van der Waals surface area contributed by atoms with E-state index in [2.05, 4.69) is 4.98 Å². The van der Waals surface area contributed by atoms with Gasteiger partial charge in [0.15, 0.2) is 34.9 Å². The number of rotatable bonds is 1. The van der Waals surface area contributed by atoms with E-state index >= 15 is 0 Å². The zero-order valence-corrected chi connectivity index (χ0v) is 9.35. The number of nitrogens with zero attached hydrogens (tertiary/aromatic N) is 1. The largest absolute Gasteiger partial charge is 0.252 e. The molecule has 1 heterocycles. The van der Waals surface area contributed by atoms with Gasteiger partial charge in [0.2, 0.25) is 5.82 Å². The molecule has 2 rings (SSSR count). The molecule has 1 aromatic carbocycles. The Morgan fingerprint density at radius 1 is 0.381 bits per heavy atom. The van der Waals surface area contributed by atoms with Crippen LogP contribution in [0.15, 0.2) is 0 Å². The minimum Gasteiger partial charge on any atom is -0.203 e. The van der Waals surface area contributed by atoms with E-state index in [0.29, 0.717) is 0 Å². The lowest BCUT2D eigenvalue weighted by atomic mass is 10.0. The van der Waals surface area contributed by atoms with Crippen molar-refractivity contribution < 1.29 is 39.5 Å². The van der Waals surface area contributed by atoms with Crippen molar-refractivity contribution in [2.24, 2.45) is 0 Å². The van der Waals surface area contributed by atoms with Crippen LogP contribution < -0.4 is 0 Å². The Morgan fingerprint density at radius 2 is 0.667 bits per heavy atom. The predicted octanol–water partition coefficient (Wildman–Crippen LogP) is 4.00. The van der Waals surface area contributed by atoms with E-state index < -0.39 is 63.7 Å². The number of benzene rings is 1. The molecule has 0 atom stereocenters. The number of hydrogen-bond donors (Lipinski definition) is 0. The molecule has 0 saturated carbocycles. The molecular weight excluding hydrogens is 317 g/mol. The van der Waals surface area contributed by atoms with Gasteiger partial charge >= 0.3 is 0 Å². The zero-order chi connectivity index (χ0) is 16.1. The van der Waals surface area contributed by atoms with Crippen molar-refractivity contribution in [1.29, 1.82) is 0 Å². The smallest absolute Gasteiger partial charge is 0.203 e. The summed E-state index contributed by atoms with van der Waals surface area (Å²) in [6.45, 7) is 0. The first-order valence-corrected chi connectivity index (χ1v) is 4.90. The number of halogens is 9. The highest BCUT2D eigenvalue weighted by atomic mass is 19.2. The van der Waals surface area contributed by atoms with Crippen LogP contribution in [0, 0.1) is 52.6 Å². The Balaban J connectivity index is 3.00. The topological polar surface area (TPSA) is 12.9 Å². The van der Waals surface area contributed by atoms with Gasteiger partial charge in [-0.25, -0.2) is 30.7 Å². The monoisotopic (exact) mass is 317 g/mol. The van der Waals surface area contributed by atoms with Crippen molar-refractivity contribution in [3.8, 4) is 11.1 Å². The standard InChI is InChI=1S/C11F9N/c12-3-1(4(13)8(17)9(18)7(3)16)2-5(14)10(19)21-11(20)6(2)15. The Kier molecular flexibility index (Phi) is 3.56. The van der Waals surface area contributed by atoms with Gasteiger partial charge in [-0.1, -0.05) is 0 Å². The predicted molar refractivity (Wildman–Crippen MR) is 49.3 cm³/mol. The van der Waals surface area contributed by atoms with Gasteiger partial charge in [0.05, 0.1) is 11.1 Å². The van der Waals surface area contributed by atoms with E-state index in [1.807, 2.05) is 0 Å². The van der Waals surface area contributed by atoms with E-state index in [-0.39, 0.29) is 0 Å². The maximum Gasteiger partial charge on any atom is 0.252 e. The molecule has 0 unspecified atom stereocenters. The molecule has 0 radical (unpaired) electrons. The van der Waals surface area contributed by atoms with Crippen LogP contribution in [0.5, 0.6) is 0 Å². The van der Waals surface area contributed by atoms with E-state index in [9.17, 15) is 39.5 Å². The molecule has 0 saturated heterocycles. The average molecular weight is 317 g/mol. The van der Waals surface area contributed by atoms with Crippen molar-refractivity contribution >= 4 is 0 Å². The van der Waals surface area contributed by atoms with Crippen LogP contribution in [0.1, 0.15) is 0 Å². The molecule has 0 bridgehead atoms. The molecule has 2 aromatic rings. The highest BCUT2D eigenvalue weighted by molar-refractivity contribution is 5.66. The first-order chi connectivity index (χ1) is 9.68. The van der Waals surface area contributed by atoms with E-state index in [4.69, 9.17) is 0 Å². The van der Waals surface area contributed by atoms with Gasteiger partial charge in [-0.2, -0.15) is 13.8 Å². The van der Waals surface area contributed by atoms with Gasteiger partial charge < -0.3 is 0 Å². The molecule has 1 aromatic heterocycles. The van der Waals surface area contributed by atoms with E-state index in [1.165, 1.54) is 0 Å². The fraction of sp³-hybridized carbons (Fsp3) is 0. The van der Waals surface area contributed by atoms with Crippen LogP contribution >= 0.6 is 0 Å². The summed E-state index contributed by atoms with van der Waals surface area (Å²) in [7, 11) is 0. The zero-order valence-electron chi connectivity index (χ0n) is 9.35. The molecule has 112 valence electrons. The fourth-order valence-electron chi connectivity index (χ4n) is 1.53. The highest BCUT2D eigenvalue weighted by Gasteiger charge is 2.32. The van der Waals surface area contributed by atoms with Crippen molar-refractivity contribution in [1.82, 2.24) is 4.98 Å². The minimum atomic E-state index is -2.61. The Hall–Kier alpha value is -2.26. The third-order valence-electron chi connectivity index (χ3n) is 2.46. The van der Waals surface area contributed by atoms with Crippen LogP contribution in [-0.2, 0) is 0 Å². The van der Waals surface area contributed by atoms with Gasteiger partial charge in [0, 0.05) is 0 Å². The van der Waals surface area contributed by atoms with Crippen LogP contribution in [0.25, 0.3) is 11.1 Å². The van der Waals surface area contributed by atoms with Crippen molar-refractivity contribution in [2.45, 2.75) is 0 Å². The molecule has 10 heteroatoms. The van der Waals surface area contributed by atoms with Gasteiger partial charge in [-0.15, -0.1) is 0 Å². The quantitative estimate of drug-likeness (QED) is 0.335. The van der Waals surface area contributed by atoms with Gasteiger partial charge in [0.1, 0.15) is 0 Å². The molecule has 0 aliphatic carbocycles. The summed E-state index contributed by atoms with van der Waals surface area (Å²) < 4.78 is 118. The Bertz CT molecular complexity index is 701. The molecule has 1 nitrogen and oxygen atoms in total. The minimum absolute atomic E-state index is 2.09. The van der Waals surface area contributed by atoms with Gasteiger partial charge in [0.25, 0.3) is 11.9 Å². The number of pyridine rings is 1. The second-order valence-corrected chi connectivity index (χ2v) is 3.64. The lowest BCUT2D eigenvalue weighted by molar-refractivity contribution is 0.377. The highest BCUT2D eigenvalue weighted by Crippen LogP contribution is 2.35. The molecule has 0 fully saturated rings. The Morgan fingerprint density at radius 3 is 1.05 bits per heavy atom. The second kappa shape index (κ2) is 4.93. The maximum absolute atomic E-state index is 13.4. The number of hydrogen-bond acceptors (Lipinski definition) is 1. The van der Waals surface area contributed by atoms with Gasteiger partial charge in [-0.05, 0) is 0 Å². The van der Waals surface area contributed by atoms with Gasteiger partial charge in [-0.3, -0.25) is 0 Å². The summed E-state index contributed by atoms with van der Waals surface area (Å²) in [6, 6.07) is 0. The average Bonchev–Trinajstić information content (AvgIpc) is 2.44. The summed E-state index contributed by atoms with van der Waals surface area (Å²) in [4.78, 5) is 2.09. The second-order valence-electron chi connectivity index (χ2n) is 3.64. The van der Waals surface area contributed by atoms with Crippen molar-refractivity contribution in [3.05, 3.63) is 52.6 Å². The first-order valence-electron chi connectivity index (χ1n) is 4.90. The molecule has 21 heavy (non-hydrogen) atoms. The summed E-state index contributed by atoms with van der Waals surface area (Å²) in [6.07, 6.45) is 0. The molecule has 0 aliphatic rings. The molecule has 0 aliphatic heterocycles. The molecule has 0 spiro atoms. The third kappa shape index (κ3) is 2.10. The summed E-state index contributed by atoms with van der Waals surface area (Å²) in [5.74, 6) is -22.4. The van der Waals surface area contributed by atoms with E-state index in [1.54, 1.807) is 0 Å².